The van der Waals surface area contributed by atoms with Crippen molar-refractivity contribution >= 4 is 5.69 Å². The van der Waals surface area contributed by atoms with Crippen LogP contribution in [0.3, 0.4) is 0 Å². The Labute approximate surface area is 110 Å². The molecule has 2 aliphatic carbocycles. The van der Waals surface area contributed by atoms with Gasteiger partial charge < -0.3 is 10.2 Å². The van der Waals surface area contributed by atoms with Gasteiger partial charge in [0.05, 0.1) is 0 Å². The molecule has 0 amide bonds. The minimum Gasteiger partial charge on any atom is -0.384 e. The van der Waals surface area contributed by atoms with Gasteiger partial charge in [0, 0.05) is 31.9 Å². The van der Waals surface area contributed by atoms with Crippen LogP contribution in [0.1, 0.15) is 25.7 Å². The predicted molar refractivity (Wildman–Crippen MR) is 76.8 cm³/mol. The van der Waals surface area contributed by atoms with Crippen molar-refractivity contribution in [2.24, 2.45) is 11.8 Å². The fourth-order valence-electron chi connectivity index (χ4n) is 2.50. The van der Waals surface area contributed by atoms with Gasteiger partial charge in [0.2, 0.25) is 0 Å². The SMILES string of the molecule is c1ccc(NCCN(CC2CC2)CC2CC2)cc1. The molecule has 0 spiro atoms. The Morgan fingerprint density at radius 1 is 0.944 bits per heavy atom. The summed E-state index contributed by atoms with van der Waals surface area (Å²) in [5.41, 5.74) is 1.25. The standard InChI is InChI=1S/C16H24N2/c1-2-4-16(5-3-1)17-10-11-18(12-14-6-7-14)13-15-8-9-15/h1-5,14-15,17H,6-13H2. The van der Waals surface area contributed by atoms with Crippen molar-refractivity contribution in [3.8, 4) is 0 Å². The molecule has 0 aromatic heterocycles. The minimum absolute atomic E-state index is 1.01. The van der Waals surface area contributed by atoms with Crippen molar-refractivity contribution in [3.63, 3.8) is 0 Å². The van der Waals surface area contributed by atoms with E-state index in [-0.39, 0.29) is 0 Å². The quantitative estimate of drug-likeness (QED) is 0.755. The summed E-state index contributed by atoms with van der Waals surface area (Å²) in [4.78, 5) is 2.69. The van der Waals surface area contributed by atoms with Gasteiger partial charge >= 0.3 is 0 Å². The van der Waals surface area contributed by atoms with Crippen LogP contribution in [0.4, 0.5) is 5.69 Å². The number of para-hydroxylation sites is 1. The van der Waals surface area contributed by atoms with Crippen molar-refractivity contribution in [1.29, 1.82) is 0 Å². The van der Waals surface area contributed by atoms with E-state index in [1.807, 2.05) is 0 Å². The summed E-state index contributed by atoms with van der Waals surface area (Å²) in [6, 6.07) is 10.5. The Morgan fingerprint density at radius 2 is 1.56 bits per heavy atom. The van der Waals surface area contributed by atoms with Crippen molar-refractivity contribution in [1.82, 2.24) is 4.90 Å². The first-order valence-electron chi connectivity index (χ1n) is 7.41. The first kappa shape index (κ1) is 12.0. The molecule has 1 aromatic carbocycles. The molecule has 18 heavy (non-hydrogen) atoms. The Balaban J connectivity index is 1.40. The normalized spacial score (nSPS) is 19.2. The average Bonchev–Trinajstić information content (AvgIpc) is 3.26. The van der Waals surface area contributed by atoms with Crippen LogP contribution < -0.4 is 5.32 Å². The number of rotatable bonds is 8. The second kappa shape index (κ2) is 5.75. The van der Waals surface area contributed by atoms with Gasteiger partial charge in [-0.2, -0.15) is 0 Å². The highest BCUT2D eigenvalue weighted by molar-refractivity contribution is 5.42. The molecule has 2 fully saturated rings. The first-order chi connectivity index (χ1) is 8.90. The van der Waals surface area contributed by atoms with E-state index in [2.05, 4.69) is 40.5 Å². The van der Waals surface area contributed by atoms with Gasteiger partial charge in [-0.15, -0.1) is 0 Å². The Morgan fingerprint density at radius 3 is 2.11 bits per heavy atom. The molecule has 2 aliphatic rings. The summed E-state index contributed by atoms with van der Waals surface area (Å²) in [6.07, 6.45) is 5.86. The molecular formula is C16H24N2. The fraction of sp³-hybridized carbons (Fsp3) is 0.625. The molecule has 1 N–H and O–H groups in total. The summed E-state index contributed by atoms with van der Waals surface area (Å²) in [5.74, 6) is 2.03. The van der Waals surface area contributed by atoms with Gasteiger partial charge in [-0.1, -0.05) is 18.2 Å². The van der Waals surface area contributed by atoms with E-state index in [0.29, 0.717) is 0 Å². The number of hydrogen-bond donors (Lipinski definition) is 1. The summed E-state index contributed by atoms with van der Waals surface area (Å²) in [5, 5.41) is 3.52. The number of anilines is 1. The monoisotopic (exact) mass is 244 g/mol. The Kier molecular flexibility index (Phi) is 3.84. The molecule has 3 rings (SSSR count). The topological polar surface area (TPSA) is 15.3 Å². The van der Waals surface area contributed by atoms with Gasteiger partial charge in [0.25, 0.3) is 0 Å². The molecule has 0 unspecified atom stereocenters. The van der Waals surface area contributed by atoms with Crippen LogP contribution in [0.5, 0.6) is 0 Å². The van der Waals surface area contributed by atoms with E-state index < -0.39 is 0 Å². The van der Waals surface area contributed by atoms with Gasteiger partial charge in [-0.05, 0) is 49.7 Å². The highest BCUT2D eigenvalue weighted by Crippen LogP contribution is 2.33. The molecule has 0 aliphatic heterocycles. The first-order valence-corrected chi connectivity index (χ1v) is 7.41. The second-order valence-corrected chi connectivity index (χ2v) is 5.94. The van der Waals surface area contributed by atoms with E-state index >= 15 is 0 Å². The highest BCUT2D eigenvalue weighted by Gasteiger charge is 2.28. The van der Waals surface area contributed by atoms with Crippen molar-refractivity contribution in [2.45, 2.75) is 25.7 Å². The second-order valence-electron chi connectivity index (χ2n) is 5.94. The van der Waals surface area contributed by atoms with E-state index in [1.54, 1.807) is 0 Å². The van der Waals surface area contributed by atoms with Crippen LogP contribution >= 0.6 is 0 Å². The lowest BCUT2D eigenvalue weighted by Crippen LogP contribution is -2.32. The molecule has 0 bridgehead atoms. The van der Waals surface area contributed by atoms with Crippen LogP contribution in [-0.2, 0) is 0 Å². The fourth-order valence-corrected chi connectivity index (χ4v) is 2.50. The zero-order valence-corrected chi connectivity index (χ0v) is 11.1. The maximum atomic E-state index is 3.52. The average molecular weight is 244 g/mol. The number of benzene rings is 1. The number of nitrogens with zero attached hydrogens (tertiary/aromatic N) is 1. The summed E-state index contributed by atoms with van der Waals surface area (Å²) in [6.45, 7) is 4.95. The van der Waals surface area contributed by atoms with Gasteiger partial charge in [0.15, 0.2) is 0 Å². The number of hydrogen-bond acceptors (Lipinski definition) is 2. The van der Waals surface area contributed by atoms with Crippen LogP contribution in [0.2, 0.25) is 0 Å². The lowest BCUT2D eigenvalue weighted by molar-refractivity contribution is 0.262. The van der Waals surface area contributed by atoms with Crippen molar-refractivity contribution in [2.75, 3.05) is 31.5 Å². The number of nitrogens with one attached hydrogen (secondary N) is 1. The van der Waals surface area contributed by atoms with E-state index in [0.717, 1.165) is 18.4 Å². The van der Waals surface area contributed by atoms with E-state index in [9.17, 15) is 0 Å². The maximum Gasteiger partial charge on any atom is 0.0340 e. The molecule has 98 valence electrons. The third-order valence-electron chi connectivity index (χ3n) is 3.96. The molecular weight excluding hydrogens is 220 g/mol. The minimum atomic E-state index is 1.01. The van der Waals surface area contributed by atoms with Crippen molar-refractivity contribution < 1.29 is 0 Å². The Hall–Kier alpha value is -1.02. The third kappa shape index (κ3) is 4.02. The van der Waals surface area contributed by atoms with Crippen LogP contribution in [-0.4, -0.2) is 31.1 Å². The lowest BCUT2D eigenvalue weighted by atomic mass is 10.3. The molecule has 0 atom stereocenters. The highest BCUT2D eigenvalue weighted by atomic mass is 15.1. The smallest absolute Gasteiger partial charge is 0.0340 e. The molecule has 0 radical (unpaired) electrons. The van der Waals surface area contributed by atoms with Gasteiger partial charge in [-0.3, -0.25) is 0 Å². The van der Waals surface area contributed by atoms with Gasteiger partial charge in [-0.25, -0.2) is 0 Å². The Bertz CT molecular complexity index is 341. The predicted octanol–water partition coefficient (Wildman–Crippen LogP) is 3.22. The molecule has 0 heterocycles. The lowest BCUT2D eigenvalue weighted by Gasteiger charge is -2.22. The molecule has 1 aromatic rings. The summed E-state index contributed by atoms with van der Waals surface area (Å²) in [7, 11) is 0. The van der Waals surface area contributed by atoms with Crippen LogP contribution in [0.25, 0.3) is 0 Å². The third-order valence-corrected chi connectivity index (χ3v) is 3.96. The van der Waals surface area contributed by atoms with E-state index in [4.69, 9.17) is 0 Å². The van der Waals surface area contributed by atoms with Crippen LogP contribution in [0, 0.1) is 11.8 Å². The molecule has 2 saturated carbocycles. The zero-order valence-electron chi connectivity index (χ0n) is 11.1. The molecule has 0 saturated heterocycles. The zero-order chi connectivity index (χ0) is 12.2. The largest absolute Gasteiger partial charge is 0.384 e. The van der Waals surface area contributed by atoms with Crippen LogP contribution in [0.15, 0.2) is 30.3 Å². The van der Waals surface area contributed by atoms with E-state index in [1.165, 1.54) is 51.0 Å². The van der Waals surface area contributed by atoms with Gasteiger partial charge in [0.1, 0.15) is 0 Å². The summed E-state index contributed by atoms with van der Waals surface area (Å²) < 4.78 is 0. The van der Waals surface area contributed by atoms with Crippen molar-refractivity contribution in [3.05, 3.63) is 30.3 Å². The maximum absolute atomic E-state index is 3.52. The molecule has 2 heteroatoms. The summed E-state index contributed by atoms with van der Waals surface area (Å²) >= 11 is 0. The molecule has 2 nitrogen and oxygen atoms in total.